The molecule has 0 saturated carbocycles. The number of aromatic amines is 1. The third-order valence-electron chi connectivity index (χ3n) is 5.28. The zero-order chi connectivity index (χ0) is 20.9. The second-order valence-electron chi connectivity index (χ2n) is 7.46. The number of fused-ring (bicyclic) bond motifs is 1. The molecule has 0 aliphatic carbocycles. The van der Waals surface area contributed by atoms with Crippen LogP contribution in [0.25, 0.3) is 11.0 Å². The number of unbranched alkanes of at least 4 members (excludes halogenated alkanes) is 1. The van der Waals surface area contributed by atoms with Gasteiger partial charge in [0.25, 0.3) is 5.56 Å². The molecule has 3 heterocycles. The van der Waals surface area contributed by atoms with Gasteiger partial charge >= 0.3 is 0 Å². The Balaban J connectivity index is 1.36. The van der Waals surface area contributed by atoms with Crippen molar-refractivity contribution in [3.63, 3.8) is 0 Å². The van der Waals surface area contributed by atoms with Crippen LogP contribution in [0.2, 0.25) is 10.0 Å². The predicted octanol–water partition coefficient (Wildman–Crippen LogP) is 2.72. The van der Waals surface area contributed by atoms with E-state index in [0.29, 0.717) is 40.0 Å². The molecule has 0 amide bonds. The lowest BCUT2D eigenvalue weighted by molar-refractivity contribution is 0.235. The van der Waals surface area contributed by atoms with Crippen LogP contribution < -0.4 is 16.2 Å². The van der Waals surface area contributed by atoms with Crippen molar-refractivity contribution >= 4 is 40.1 Å². The topological polar surface area (TPSA) is 90.9 Å². The van der Waals surface area contributed by atoms with Crippen LogP contribution in [0.15, 0.2) is 29.1 Å². The molecule has 2 aromatic heterocycles. The Morgan fingerprint density at radius 1 is 1.07 bits per heavy atom. The number of pyridine rings is 1. The van der Waals surface area contributed by atoms with Crippen molar-refractivity contribution < 1.29 is 0 Å². The number of anilines is 1. The molecule has 0 radical (unpaired) electrons. The summed E-state index contributed by atoms with van der Waals surface area (Å²) >= 11 is 12.0. The molecule has 0 bridgehead atoms. The van der Waals surface area contributed by atoms with Crippen LogP contribution in [0.5, 0.6) is 0 Å². The fourth-order valence-corrected chi connectivity index (χ4v) is 3.96. The minimum atomic E-state index is -0.198. The van der Waals surface area contributed by atoms with Gasteiger partial charge < -0.3 is 20.5 Å². The third kappa shape index (κ3) is 5.13. The molecule has 1 aliphatic heterocycles. The average Bonchev–Trinajstić information content (AvgIpc) is 3.16. The first-order valence-corrected chi connectivity index (χ1v) is 10.9. The Bertz CT molecular complexity index is 1060. The Kier molecular flexibility index (Phi) is 6.89. The quantitative estimate of drug-likeness (QED) is 0.458. The van der Waals surface area contributed by atoms with Gasteiger partial charge in [-0.1, -0.05) is 34.5 Å². The van der Waals surface area contributed by atoms with Crippen LogP contribution in [0.1, 0.15) is 18.4 Å². The van der Waals surface area contributed by atoms with Crippen LogP contribution in [-0.2, 0) is 13.1 Å². The van der Waals surface area contributed by atoms with Gasteiger partial charge in [0.05, 0.1) is 10.0 Å². The van der Waals surface area contributed by atoms with Crippen molar-refractivity contribution in [1.29, 1.82) is 0 Å². The highest BCUT2D eigenvalue weighted by molar-refractivity contribution is 6.42. The number of nitrogens with one attached hydrogen (secondary N) is 3. The Morgan fingerprint density at radius 2 is 1.87 bits per heavy atom. The number of aromatic nitrogens is 4. The SMILES string of the molecule is O=c1[nH]c(NCc2ccc(Cl)c(Cl)c2)cc2nnn(CCCCN3CCNCC3)c12. The maximum Gasteiger partial charge on any atom is 0.277 e. The Morgan fingerprint density at radius 3 is 2.67 bits per heavy atom. The highest BCUT2D eigenvalue weighted by Gasteiger charge is 2.12. The van der Waals surface area contributed by atoms with E-state index in [1.165, 1.54) is 0 Å². The summed E-state index contributed by atoms with van der Waals surface area (Å²) in [6, 6.07) is 7.23. The van der Waals surface area contributed by atoms with Crippen LogP contribution in [0.3, 0.4) is 0 Å². The van der Waals surface area contributed by atoms with Crippen molar-refractivity contribution in [2.45, 2.75) is 25.9 Å². The van der Waals surface area contributed by atoms with Gasteiger partial charge in [-0.05, 0) is 37.1 Å². The number of nitrogens with zero attached hydrogens (tertiary/aromatic N) is 4. The molecule has 8 nitrogen and oxygen atoms in total. The molecule has 30 heavy (non-hydrogen) atoms. The summed E-state index contributed by atoms with van der Waals surface area (Å²) in [5.41, 5.74) is 1.85. The van der Waals surface area contributed by atoms with Gasteiger partial charge in [0, 0.05) is 45.3 Å². The van der Waals surface area contributed by atoms with Crippen LogP contribution in [-0.4, -0.2) is 57.6 Å². The van der Waals surface area contributed by atoms with Gasteiger partial charge in [0.15, 0.2) is 5.52 Å². The normalized spacial score (nSPS) is 15.0. The number of hydrogen-bond donors (Lipinski definition) is 3. The predicted molar refractivity (Wildman–Crippen MR) is 120 cm³/mol. The lowest BCUT2D eigenvalue weighted by Gasteiger charge is -2.26. The first-order chi connectivity index (χ1) is 14.6. The van der Waals surface area contributed by atoms with Crippen molar-refractivity contribution in [3.8, 4) is 0 Å². The van der Waals surface area contributed by atoms with E-state index in [1.54, 1.807) is 22.9 Å². The summed E-state index contributed by atoms with van der Waals surface area (Å²) in [6.45, 7) is 6.58. The molecule has 1 saturated heterocycles. The number of benzene rings is 1. The number of rotatable bonds is 8. The van der Waals surface area contributed by atoms with Crippen molar-refractivity contribution in [2.24, 2.45) is 0 Å². The summed E-state index contributed by atoms with van der Waals surface area (Å²) in [7, 11) is 0. The van der Waals surface area contributed by atoms with E-state index in [4.69, 9.17) is 23.2 Å². The fourth-order valence-electron chi connectivity index (χ4n) is 3.64. The summed E-state index contributed by atoms with van der Waals surface area (Å²) in [4.78, 5) is 18.0. The number of aryl methyl sites for hydroxylation is 1. The van der Waals surface area contributed by atoms with Gasteiger partial charge in [-0.2, -0.15) is 0 Å². The molecule has 1 aliphatic rings. The number of hydrogen-bond acceptors (Lipinski definition) is 6. The molecule has 4 rings (SSSR count). The fraction of sp³-hybridized carbons (Fsp3) is 0.450. The average molecular weight is 450 g/mol. The molecular formula is C20H25Cl2N7O. The summed E-state index contributed by atoms with van der Waals surface area (Å²) in [5.74, 6) is 0.587. The Labute approximate surface area is 184 Å². The molecule has 1 fully saturated rings. The highest BCUT2D eigenvalue weighted by atomic mass is 35.5. The lowest BCUT2D eigenvalue weighted by Crippen LogP contribution is -2.43. The standard InChI is InChI=1S/C20H25Cl2N7O/c21-15-4-3-14(11-16(15)22)13-24-18-12-17-19(20(30)25-18)29(27-26-17)8-2-1-7-28-9-5-23-6-10-28/h3-4,11-12,23H,1-2,5-10,13H2,(H2,24,25,30). The largest absolute Gasteiger partial charge is 0.367 e. The van der Waals surface area contributed by atoms with Crippen LogP contribution >= 0.6 is 23.2 Å². The van der Waals surface area contributed by atoms with E-state index in [9.17, 15) is 4.79 Å². The number of piperazine rings is 1. The monoisotopic (exact) mass is 449 g/mol. The van der Waals surface area contributed by atoms with Gasteiger partial charge in [-0.25, -0.2) is 4.68 Å². The van der Waals surface area contributed by atoms with E-state index < -0.39 is 0 Å². The second-order valence-corrected chi connectivity index (χ2v) is 8.27. The van der Waals surface area contributed by atoms with Gasteiger partial charge in [-0.15, -0.1) is 5.10 Å². The summed E-state index contributed by atoms with van der Waals surface area (Å²) < 4.78 is 1.70. The molecule has 1 aromatic carbocycles. The minimum absolute atomic E-state index is 0.198. The van der Waals surface area contributed by atoms with Gasteiger partial charge in [0.2, 0.25) is 0 Å². The number of halogens is 2. The van der Waals surface area contributed by atoms with Crippen LogP contribution in [0, 0.1) is 0 Å². The van der Waals surface area contributed by atoms with Gasteiger partial charge in [-0.3, -0.25) is 4.79 Å². The maximum atomic E-state index is 12.6. The minimum Gasteiger partial charge on any atom is -0.367 e. The molecule has 0 spiro atoms. The molecule has 3 N–H and O–H groups in total. The summed E-state index contributed by atoms with van der Waals surface area (Å²) in [6.07, 6.45) is 2.03. The van der Waals surface area contributed by atoms with E-state index in [-0.39, 0.29) is 5.56 Å². The first-order valence-electron chi connectivity index (χ1n) is 10.2. The zero-order valence-corrected chi connectivity index (χ0v) is 18.1. The number of H-pyrrole nitrogens is 1. The smallest absolute Gasteiger partial charge is 0.277 e. The molecular weight excluding hydrogens is 425 g/mol. The zero-order valence-electron chi connectivity index (χ0n) is 16.6. The molecule has 10 heteroatoms. The molecule has 3 aromatic rings. The summed E-state index contributed by atoms with van der Waals surface area (Å²) in [5, 5.41) is 15.9. The third-order valence-corrected chi connectivity index (χ3v) is 6.02. The van der Waals surface area contributed by atoms with Crippen LogP contribution in [0.4, 0.5) is 5.82 Å². The van der Waals surface area contributed by atoms with Crippen molar-refractivity contribution in [2.75, 3.05) is 38.0 Å². The van der Waals surface area contributed by atoms with E-state index in [0.717, 1.165) is 51.1 Å². The van der Waals surface area contributed by atoms with Crippen molar-refractivity contribution in [1.82, 2.24) is 30.2 Å². The highest BCUT2D eigenvalue weighted by Crippen LogP contribution is 2.23. The first kappa shape index (κ1) is 21.1. The van der Waals surface area contributed by atoms with Gasteiger partial charge in [0.1, 0.15) is 11.3 Å². The molecule has 160 valence electrons. The van der Waals surface area contributed by atoms with E-state index in [1.807, 2.05) is 6.07 Å². The lowest BCUT2D eigenvalue weighted by atomic mass is 10.2. The Hall–Kier alpha value is -2.13. The molecule has 0 atom stereocenters. The van der Waals surface area contributed by atoms with E-state index in [2.05, 4.69) is 30.8 Å². The molecule has 0 unspecified atom stereocenters. The maximum absolute atomic E-state index is 12.6. The van der Waals surface area contributed by atoms with Crippen molar-refractivity contribution in [3.05, 3.63) is 50.2 Å². The van der Waals surface area contributed by atoms with E-state index >= 15 is 0 Å². The second kappa shape index (κ2) is 9.78.